The first kappa shape index (κ1) is 20.2. The van der Waals surface area contributed by atoms with Gasteiger partial charge in [-0.05, 0) is 43.2 Å². The van der Waals surface area contributed by atoms with Crippen molar-refractivity contribution in [1.82, 2.24) is 14.9 Å². The van der Waals surface area contributed by atoms with Crippen LogP contribution in [0.4, 0.5) is 0 Å². The number of thioether (sulfide) groups is 1. The zero-order chi connectivity index (χ0) is 21.1. The van der Waals surface area contributed by atoms with Crippen molar-refractivity contribution in [3.05, 3.63) is 64.4 Å². The third-order valence-electron chi connectivity index (χ3n) is 5.01. The van der Waals surface area contributed by atoms with E-state index in [1.807, 2.05) is 30.3 Å². The number of amides is 1. The number of benzene rings is 2. The number of aromatic nitrogens is 2. The zero-order valence-electron chi connectivity index (χ0n) is 16.5. The van der Waals surface area contributed by atoms with Crippen LogP contribution in [0.25, 0.3) is 16.6 Å². The summed E-state index contributed by atoms with van der Waals surface area (Å²) in [5, 5.41) is 3.39. The van der Waals surface area contributed by atoms with Gasteiger partial charge in [0.15, 0.2) is 5.16 Å². The van der Waals surface area contributed by atoms with Crippen molar-refractivity contribution < 1.29 is 14.3 Å². The first-order valence-corrected chi connectivity index (χ1v) is 10.6. The van der Waals surface area contributed by atoms with Crippen LogP contribution in [-0.4, -0.2) is 40.3 Å². The lowest BCUT2D eigenvalue weighted by molar-refractivity contribution is -0.120. The maximum Gasteiger partial charge on any atom is 0.337 e. The van der Waals surface area contributed by atoms with E-state index in [0.717, 1.165) is 12.8 Å². The molecule has 3 aromatic rings. The van der Waals surface area contributed by atoms with Crippen molar-refractivity contribution in [3.63, 3.8) is 0 Å². The van der Waals surface area contributed by atoms with E-state index in [4.69, 9.17) is 4.74 Å². The molecule has 7 nitrogen and oxygen atoms in total. The van der Waals surface area contributed by atoms with Gasteiger partial charge >= 0.3 is 5.97 Å². The summed E-state index contributed by atoms with van der Waals surface area (Å²) in [6.45, 7) is 0.662. The minimum atomic E-state index is -0.497. The Morgan fingerprint density at radius 2 is 1.97 bits per heavy atom. The van der Waals surface area contributed by atoms with Gasteiger partial charge in [-0.25, -0.2) is 9.78 Å². The molecule has 0 aliphatic carbocycles. The van der Waals surface area contributed by atoms with Crippen LogP contribution in [0.3, 0.4) is 0 Å². The minimum absolute atomic E-state index is 0.0465. The molecule has 4 rings (SSSR count). The van der Waals surface area contributed by atoms with Crippen LogP contribution in [-0.2, 0) is 9.53 Å². The summed E-state index contributed by atoms with van der Waals surface area (Å²) in [6.07, 6.45) is 2.56. The molecule has 0 bridgehead atoms. The maximum absolute atomic E-state index is 13.4. The van der Waals surface area contributed by atoms with E-state index >= 15 is 0 Å². The Labute approximate surface area is 177 Å². The second-order valence-corrected chi connectivity index (χ2v) is 8.16. The smallest absolute Gasteiger partial charge is 0.337 e. The van der Waals surface area contributed by atoms with Crippen LogP contribution in [0.1, 0.15) is 29.6 Å². The first-order chi connectivity index (χ1) is 14.6. The van der Waals surface area contributed by atoms with Crippen LogP contribution in [0.15, 0.2) is 58.5 Å². The SMILES string of the molecule is COC(=O)c1ccc2c(=O)n(-c3ccccc3)c(SC3CCCCNC3=O)nc2c1. The Balaban J connectivity index is 1.89. The first-order valence-electron chi connectivity index (χ1n) is 9.73. The quantitative estimate of drug-likeness (QED) is 0.513. The van der Waals surface area contributed by atoms with Crippen LogP contribution in [0.5, 0.6) is 0 Å². The van der Waals surface area contributed by atoms with Crippen molar-refractivity contribution in [1.29, 1.82) is 0 Å². The molecule has 1 aliphatic rings. The number of para-hydroxylation sites is 1. The van der Waals surface area contributed by atoms with Gasteiger partial charge in [0.25, 0.3) is 5.56 Å². The summed E-state index contributed by atoms with van der Waals surface area (Å²) in [5.41, 5.74) is 1.13. The predicted molar refractivity (Wildman–Crippen MR) is 115 cm³/mol. The van der Waals surface area contributed by atoms with Gasteiger partial charge < -0.3 is 10.1 Å². The molecule has 1 atom stereocenters. The summed E-state index contributed by atoms with van der Waals surface area (Å²) in [5.74, 6) is -0.543. The molecule has 30 heavy (non-hydrogen) atoms. The average molecular weight is 423 g/mol. The Bertz CT molecular complexity index is 1160. The average Bonchev–Trinajstić information content (AvgIpc) is 2.97. The molecule has 8 heteroatoms. The van der Waals surface area contributed by atoms with Gasteiger partial charge in [0.1, 0.15) is 0 Å². The highest BCUT2D eigenvalue weighted by atomic mass is 32.2. The molecule has 1 aliphatic heterocycles. The van der Waals surface area contributed by atoms with E-state index in [2.05, 4.69) is 10.3 Å². The van der Waals surface area contributed by atoms with Crippen LogP contribution in [0.2, 0.25) is 0 Å². The third-order valence-corrected chi connectivity index (χ3v) is 6.23. The lowest BCUT2D eigenvalue weighted by Crippen LogP contribution is -2.31. The van der Waals surface area contributed by atoms with Gasteiger partial charge in [-0.1, -0.05) is 36.4 Å². The molecule has 0 saturated carbocycles. The Morgan fingerprint density at radius 1 is 1.17 bits per heavy atom. The van der Waals surface area contributed by atoms with E-state index in [1.54, 1.807) is 18.2 Å². The fourth-order valence-corrected chi connectivity index (χ4v) is 4.62. The van der Waals surface area contributed by atoms with Gasteiger partial charge in [-0.3, -0.25) is 14.2 Å². The number of esters is 1. The topological polar surface area (TPSA) is 90.3 Å². The van der Waals surface area contributed by atoms with Crippen molar-refractivity contribution in [3.8, 4) is 5.69 Å². The summed E-state index contributed by atoms with van der Waals surface area (Å²) >= 11 is 1.28. The van der Waals surface area contributed by atoms with Gasteiger partial charge in [-0.15, -0.1) is 0 Å². The second kappa shape index (κ2) is 8.71. The Morgan fingerprint density at radius 3 is 2.73 bits per heavy atom. The lowest BCUT2D eigenvalue weighted by atomic mass is 10.1. The summed E-state index contributed by atoms with van der Waals surface area (Å²) in [6, 6.07) is 13.9. The molecular weight excluding hydrogens is 402 g/mol. The molecule has 1 aromatic heterocycles. The molecule has 0 spiro atoms. The van der Waals surface area contributed by atoms with Gasteiger partial charge in [-0.2, -0.15) is 0 Å². The van der Waals surface area contributed by atoms with Gasteiger partial charge in [0.05, 0.1) is 34.5 Å². The molecule has 1 N–H and O–H groups in total. The number of fused-ring (bicyclic) bond motifs is 1. The number of carbonyl (C=O) groups is 2. The molecule has 2 aromatic carbocycles. The normalized spacial score (nSPS) is 16.7. The molecule has 2 heterocycles. The largest absolute Gasteiger partial charge is 0.465 e. The standard InChI is InChI=1S/C22H21N3O4S/c1-29-21(28)14-10-11-16-17(13-14)24-22(30-18-9-5-6-12-23-19(18)26)25(20(16)27)15-7-3-2-4-8-15/h2-4,7-8,10-11,13,18H,5-6,9,12H2,1H3,(H,23,26). The second-order valence-electron chi connectivity index (χ2n) is 6.99. The number of carbonyl (C=O) groups excluding carboxylic acids is 2. The highest BCUT2D eigenvalue weighted by molar-refractivity contribution is 8.00. The van der Waals surface area contributed by atoms with E-state index in [1.165, 1.54) is 23.4 Å². The lowest BCUT2D eigenvalue weighted by Gasteiger charge is -2.17. The number of methoxy groups -OCH3 is 1. The summed E-state index contributed by atoms with van der Waals surface area (Å²) in [7, 11) is 1.30. The predicted octanol–water partition coefficient (Wildman–Crippen LogP) is 2.93. The number of ether oxygens (including phenoxy) is 1. The van der Waals surface area contributed by atoms with Crippen molar-refractivity contribution in [2.24, 2.45) is 0 Å². The van der Waals surface area contributed by atoms with Crippen molar-refractivity contribution >= 4 is 34.5 Å². The molecule has 154 valence electrons. The molecular formula is C22H21N3O4S. The Hall–Kier alpha value is -3.13. The number of hydrogen-bond acceptors (Lipinski definition) is 6. The minimum Gasteiger partial charge on any atom is -0.465 e. The zero-order valence-corrected chi connectivity index (χ0v) is 17.3. The van der Waals surface area contributed by atoms with Crippen LogP contribution >= 0.6 is 11.8 Å². The number of hydrogen-bond donors (Lipinski definition) is 1. The van der Waals surface area contributed by atoms with Crippen LogP contribution in [0, 0.1) is 0 Å². The third kappa shape index (κ3) is 3.95. The molecule has 0 radical (unpaired) electrons. The van der Waals surface area contributed by atoms with E-state index in [9.17, 15) is 14.4 Å². The van der Waals surface area contributed by atoms with Gasteiger partial charge in [0, 0.05) is 6.54 Å². The maximum atomic E-state index is 13.4. The fourth-order valence-electron chi connectivity index (χ4n) is 3.44. The van der Waals surface area contributed by atoms with E-state index in [-0.39, 0.29) is 16.7 Å². The fraction of sp³-hybridized carbons (Fsp3) is 0.273. The monoisotopic (exact) mass is 423 g/mol. The van der Waals surface area contributed by atoms with Crippen LogP contribution < -0.4 is 10.9 Å². The highest BCUT2D eigenvalue weighted by Crippen LogP contribution is 2.29. The summed E-state index contributed by atoms with van der Waals surface area (Å²) in [4.78, 5) is 42.5. The molecule has 1 fully saturated rings. The van der Waals surface area contributed by atoms with E-state index in [0.29, 0.717) is 40.3 Å². The number of nitrogens with one attached hydrogen (secondary N) is 1. The molecule has 1 saturated heterocycles. The van der Waals surface area contributed by atoms with Crippen molar-refractivity contribution in [2.45, 2.75) is 29.7 Å². The highest BCUT2D eigenvalue weighted by Gasteiger charge is 2.25. The Kier molecular flexibility index (Phi) is 5.85. The molecule has 1 amide bonds. The molecule has 1 unspecified atom stereocenters. The summed E-state index contributed by atoms with van der Waals surface area (Å²) < 4.78 is 6.31. The van der Waals surface area contributed by atoms with Gasteiger partial charge in [0.2, 0.25) is 5.91 Å². The van der Waals surface area contributed by atoms with Crippen molar-refractivity contribution in [2.75, 3.05) is 13.7 Å². The number of nitrogens with zero attached hydrogens (tertiary/aromatic N) is 2. The number of rotatable bonds is 4. The van der Waals surface area contributed by atoms with E-state index < -0.39 is 5.97 Å².